The first-order valence-corrected chi connectivity index (χ1v) is 10.4. The van der Waals surface area contributed by atoms with Crippen LogP contribution in [-0.2, 0) is 0 Å². The van der Waals surface area contributed by atoms with Crippen LogP contribution in [0.25, 0.3) is 10.8 Å². The van der Waals surface area contributed by atoms with E-state index in [0.29, 0.717) is 29.5 Å². The Morgan fingerprint density at radius 3 is 2.74 bits per heavy atom. The number of ether oxygens (including phenoxy) is 1. The molecular weight excluding hydrogens is 378 g/mol. The van der Waals surface area contributed by atoms with Gasteiger partial charge in [0.25, 0.3) is 5.91 Å². The van der Waals surface area contributed by atoms with E-state index in [-0.39, 0.29) is 11.3 Å². The van der Waals surface area contributed by atoms with Crippen LogP contribution in [0.1, 0.15) is 28.2 Å². The Labute approximate surface area is 168 Å². The number of carbonyl (C=O) groups excluding carboxylic acids is 1. The maximum Gasteiger partial charge on any atom is 0.259 e. The van der Waals surface area contributed by atoms with Crippen molar-refractivity contribution in [3.05, 3.63) is 76.8 Å². The monoisotopic (exact) mass is 397 g/mol. The van der Waals surface area contributed by atoms with Gasteiger partial charge in [-0.1, -0.05) is 60.1 Å². The summed E-state index contributed by atoms with van der Waals surface area (Å²) in [6.07, 6.45) is 0. The minimum absolute atomic E-state index is 0.00910. The average molecular weight is 398 g/mol. The van der Waals surface area contributed by atoms with Crippen molar-refractivity contribution in [2.24, 2.45) is 0 Å². The summed E-state index contributed by atoms with van der Waals surface area (Å²) in [7, 11) is 0. The molecule has 1 fully saturated rings. The molecule has 0 aliphatic carbocycles. The number of amides is 1. The van der Waals surface area contributed by atoms with Crippen LogP contribution in [0, 0.1) is 0 Å². The van der Waals surface area contributed by atoms with E-state index in [1.165, 1.54) is 0 Å². The van der Waals surface area contributed by atoms with Gasteiger partial charge in [-0.2, -0.15) is 0 Å². The fourth-order valence-corrected chi connectivity index (χ4v) is 5.10. The second kappa shape index (κ2) is 7.83. The number of nitrogens with zero attached hydrogens (tertiary/aromatic N) is 1. The molecule has 1 aliphatic rings. The van der Waals surface area contributed by atoms with Gasteiger partial charge in [-0.05, 0) is 29.8 Å². The number of thioether (sulfide) groups is 1. The zero-order chi connectivity index (χ0) is 18.8. The molecule has 1 saturated heterocycles. The normalized spacial score (nSPS) is 16.7. The van der Waals surface area contributed by atoms with Crippen LogP contribution in [-0.4, -0.2) is 29.7 Å². The minimum atomic E-state index is -0.0837. The molecule has 0 radical (unpaired) electrons. The Kier molecular flexibility index (Phi) is 5.28. The van der Waals surface area contributed by atoms with Crippen LogP contribution in [0.2, 0.25) is 5.02 Å². The van der Waals surface area contributed by atoms with Crippen LogP contribution in [0.5, 0.6) is 5.75 Å². The van der Waals surface area contributed by atoms with Gasteiger partial charge in [0.1, 0.15) is 11.1 Å². The van der Waals surface area contributed by atoms with E-state index >= 15 is 0 Å². The molecule has 3 aromatic rings. The number of fused-ring (bicyclic) bond motifs is 1. The molecule has 3 aromatic carbocycles. The standard InChI is InChI=1S/C22H20ClNO2S/c1-2-26-19-12-11-15-7-3-4-8-16(15)20(19)21(25)24-13-14-27-22(24)17-9-5-6-10-18(17)23/h3-12,22H,2,13-14H2,1H3. The highest BCUT2D eigenvalue weighted by atomic mass is 35.5. The molecule has 1 amide bonds. The van der Waals surface area contributed by atoms with E-state index in [1.54, 1.807) is 11.8 Å². The van der Waals surface area contributed by atoms with E-state index in [2.05, 4.69) is 0 Å². The Bertz CT molecular complexity index is 991. The van der Waals surface area contributed by atoms with Crippen molar-refractivity contribution in [3.8, 4) is 5.75 Å². The summed E-state index contributed by atoms with van der Waals surface area (Å²) < 4.78 is 5.81. The first kappa shape index (κ1) is 18.2. The molecule has 0 aromatic heterocycles. The van der Waals surface area contributed by atoms with Gasteiger partial charge in [-0.25, -0.2) is 0 Å². The van der Waals surface area contributed by atoms with E-state index in [9.17, 15) is 4.79 Å². The van der Waals surface area contributed by atoms with Gasteiger partial charge in [0, 0.05) is 22.9 Å². The topological polar surface area (TPSA) is 29.5 Å². The molecule has 0 spiro atoms. The lowest BCUT2D eigenvalue weighted by molar-refractivity contribution is 0.0758. The molecule has 1 aliphatic heterocycles. The molecule has 5 heteroatoms. The molecule has 27 heavy (non-hydrogen) atoms. The van der Waals surface area contributed by atoms with Crippen molar-refractivity contribution >= 4 is 40.0 Å². The van der Waals surface area contributed by atoms with Gasteiger partial charge in [0.15, 0.2) is 0 Å². The van der Waals surface area contributed by atoms with Gasteiger partial charge in [0.2, 0.25) is 0 Å². The number of rotatable bonds is 4. The predicted molar refractivity (Wildman–Crippen MR) is 113 cm³/mol. The Morgan fingerprint density at radius 2 is 1.93 bits per heavy atom. The average Bonchev–Trinajstić information content (AvgIpc) is 3.17. The predicted octanol–water partition coefficient (Wildman–Crippen LogP) is 5.78. The molecule has 1 unspecified atom stereocenters. The summed E-state index contributed by atoms with van der Waals surface area (Å²) in [5.41, 5.74) is 1.61. The first-order valence-electron chi connectivity index (χ1n) is 9.02. The maximum absolute atomic E-state index is 13.6. The largest absolute Gasteiger partial charge is 0.493 e. The second-order valence-corrected chi connectivity index (χ2v) is 7.93. The summed E-state index contributed by atoms with van der Waals surface area (Å²) >= 11 is 8.17. The molecule has 4 rings (SSSR count). The fraction of sp³-hybridized carbons (Fsp3) is 0.227. The van der Waals surface area contributed by atoms with E-state index in [4.69, 9.17) is 16.3 Å². The molecule has 0 bridgehead atoms. The smallest absolute Gasteiger partial charge is 0.259 e. The summed E-state index contributed by atoms with van der Waals surface area (Å²) in [6.45, 7) is 3.14. The lowest BCUT2D eigenvalue weighted by Gasteiger charge is -2.26. The lowest BCUT2D eigenvalue weighted by atomic mass is 10.0. The third-order valence-corrected chi connectivity index (χ3v) is 6.31. The minimum Gasteiger partial charge on any atom is -0.493 e. The van der Waals surface area contributed by atoms with Crippen molar-refractivity contribution in [2.75, 3.05) is 18.9 Å². The summed E-state index contributed by atoms with van der Waals surface area (Å²) in [4.78, 5) is 15.6. The third kappa shape index (κ3) is 3.40. The lowest BCUT2D eigenvalue weighted by Crippen LogP contribution is -2.31. The molecule has 1 heterocycles. The third-order valence-electron chi connectivity index (χ3n) is 4.73. The van der Waals surface area contributed by atoms with Crippen LogP contribution >= 0.6 is 23.4 Å². The number of halogens is 1. The van der Waals surface area contributed by atoms with Gasteiger partial charge >= 0.3 is 0 Å². The van der Waals surface area contributed by atoms with E-state index < -0.39 is 0 Å². The molecule has 1 atom stereocenters. The zero-order valence-electron chi connectivity index (χ0n) is 15.0. The van der Waals surface area contributed by atoms with Crippen molar-refractivity contribution in [2.45, 2.75) is 12.3 Å². The first-order chi connectivity index (χ1) is 13.2. The van der Waals surface area contributed by atoms with Crippen LogP contribution in [0.15, 0.2) is 60.7 Å². The van der Waals surface area contributed by atoms with E-state index in [1.807, 2.05) is 72.5 Å². The van der Waals surface area contributed by atoms with Crippen molar-refractivity contribution in [1.82, 2.24) is 4.90 Å². The number of benzene rings is 3. The zero-order valence-corrected chi connectivity index (χ0v) is 16.6. The highest BCUT2D eigenvalue weighted by Gasteiger charge is 2.34. The number of hydrogen-bond acceptors (Lipinski definition) is 3. The summed E-state index contributed by atoms with van der Waals surface area (Å²) in [5.74, 6) is 1.51. The highest BCUT2D eigenvalue weighted by Crippen LogP contribution is 2.43. The van der Waals surface area contributed by atoms with Gasteiger partial charge in [-0.15, -0.1) is 11.8 Å². The molecular formula is C22H20ClNO2S. The Hall–Kier alpha value is -2.17. The SMILES string of the molecule is CCOc1ccc2ccccc2c1C(=O)N1CCSC1c1ccccc1Cl. The maximum atomic E-state index is 13.6. The summed E-state index contributed by atoms with van der Waals surface area (Å²) in [6, 6.07) is 19.6. The molecule has 3 nitrogen and oxygen atoms in total. The summed E-state index contributed by atoms with van der Waals surface area (Å²) in [5, 5.41) is 2.56. The highest BCUT2D eigenvalue weighted by molar-refractivity contribution is 7.99. The Balaban J connectivity index is 1.80. The quantitative estimate of drug-likeness (QED) is 0.558. The molecule has 138 valence electrons. The van der Waals surface area contributed by atoms with Crippen LogP contribution in [0.4, 0.5) is 0 Å². The van der Waals surface area contributed by atoms with Crippen molar-refractivity contribution in [3.63, 3.8) is 0 Å². The van der Waals surface area contributed by atoms with Crippen LogP contribution < -0.4 is 4.74 Å². The van der Waals surface area contributed by atoms with E-state index in [0.717, 1.165) is 22.1 Å². The number of carbonyl (C=O) groups is 1. The van der Waals surface area contributed by atoms with Gasteiger partial charge in [-0.3, -0.25) is 4.79 Å². The van der Waals surface area contributed by atoms with Gasteiger partial charge in [0.05, 0.1) is 12.2 Å². The van der Waals surface area contributed by atoms with Crippen molar-refractivity contribution in [1.29, 1.82) is 0 Å². The second-order valence-electron chi connectivity index (χ2n) is 6.34. The Morgan fingerprint density at radius 1 is 1.15 bits per heavy atom. The molecule has 0 N–H and O–H groups in total. The van der Waals surface area contributed by atoms with Crippen LogP contribution in [0.3, 0.4) is 0 Å². The van der Waals surface area contributed by atoms with Crippen molar-refractivity contribution < 1.29 is 9.53 Å². The number of hydrogen-bond donors (Lipinski definition) is 0. The molecule has 0 saturated carbocycles. The fourth-order valence-electron chi connectivity index (χ4n) is 3.50. The van der Waals surface area contributed by atoms with Gasteiger partial charge < -0.3 is 9.64 Å².